The molecule has 0 saturated heterocycles. The number of benzene rings is 2. The fraction of sp³-hybridized carbons (Fsp3) is 0.190. The van der Waals surface area contributed by atoms with Crippen molar-refractivity contribution >= 4 is 29.2 Å². The summed E-state index contributed by atoms with van der Waals surface area (Å²) in [5, 5.41) is 6.88. The van der Waals surface area contributed by atoms with Crippen molar-refractivity contribution in [3.8, 4) is 5.88 Å². The minimum atomic E-state index is -1.16. The van der Waals surface area contributed by atoms with E-state index in [-0.39, 0.29) is 5.88 Å². The Morgan fingerprint density at radius 3 is 2.55 bits per heavy atom. The van der Waals surface area contributed by atoms with E-state index in [9.17, 15) is 9.59 Å². The summed E-state index contributed by atoms with van der Waals surface area (Å²) in [6.07, 6.45) is -1.16. The van der Waals surface area contributed by atoms with Gasteiger partial charge in [0.1, 0.15) is 5.76 Å². The highest BCUT2D eigenvalue weighted by atomic mass is 35.5. The van der Waals surface area contributed by atoms with E-state index in [0.717, 1.165) is 5.56 Å². The van der Waals surface area contributed by atoms with Gasteiger partial charge in [-0.2, -0.15) is 0 Å². The molecule has 1 heterocycles. The summed E-state index contributed by atoms with van der Waals surface area (Å²) >= 11 is 6.11. The minimum Gasteiger partial charge on any atom is -0.463 e. The number of halogens is 1. The molecule has 1 atom stereocenters. The van der Waals surface area contributed by atoms with Gasteiger partial charge in [-0.05, 0) is 36.7 Å². The molecule has 29 heavy (non-hydrogen) atoms. The van der Waals surface area contributed by atoms with Gasteiger partial charge in [-0.25, -0.2) is 4.79 Å². The second-order valence-corrected chi connectivity index (χ2v) is 6.71. The SMILES string of the molecule is Cc1cc(OCC(=O)O[C@H](C(=O)Nc2ccc(C)c(Cl)c2)c2ccccc2)no1. The van der Waals surface area contributed by atoms with Gasteiger partial charge in [-0.15, -0.1) is 0 Å². The number of esters is 1. The lowest BCUT2D eigenvalue weighted by Gasteiger charge is -2.18. The number of anilines is 1. The molecule has 0 radical (unpaired) electrons. The summed E-state index contributed by atoms with van der Waals surface area (Å²) in [5.41, 5.74) is 1.90. The van der Waals surface area contributed by atoms with Crippen molar-refractivity contribution < 1.29 is 23.6 Å². The average Bonchev–Trinajstić information content (AvgIpc) is 3.13. The number of rotatable bonds is 7. The number of aromatic nitrogens is 1. The first-order valence-electron chi connectivity index (χ1n) is 8.80. The van der Waals surface area contributed by atoms with E-state index in [1.807, 2.05) is 6.92 Å². The van der Waals surface area contributed by atoms with E-state index in [1.165, 1.54) is 6.07 Å². The number of amides is 1. The van der Waals surface area contributed by atoms with E-state index in [2.05, 4.69) is 10.5 Å². The van der Waals surface area contributed by atoms with Gasteiger partial charge in [-0.3, -0.25) is 4.79 Å². The minimum absolute atomic E-state index is 0.162. The van der Waals surface area contributed by atoms with Crippen molar-refractivity contribution in [1.82, 2.24) is 5.16 Å². The molecule has 0 aliphatic heterocycles. The van der Waals surface area contributed by atoms with Gasteiger partial charge in [0.2, 0.25) is 6.10 Å². The van der Waals surface area contributed by atoms with Gasteiger partial charge in [0.15, 0.2) is 6.61 Å². The van der Waals surface area contributed by atoms with E-state index in [4.69, 9.17) is 25.6 Å². The molecule has 0 spiro atoms. The van der Waals surface area contributed by atoms with Crippen molar-refractivity contribution in [3.63, 3.8) is 0 Å². The lowest BCUT2D eigenvalue weighted by atomic mass is 10.1. The van der Waals surface area contributed by atoms with Crippen LogP contribution in [-0.2, 0) is 14.3 Å². The number of aryl methyl sites for hydroxylation is 2. The van der Waals surface area contributed by atoms with Gasteiger partial charge >= 0.3 is 5.97 Å². The number of hydrogen-bond donors (Lipinski definition) is 1. The summed E-state index contributed by atoms with van der Waals surface area (Å²) in [6, 6.07) is 15.4. The maximum absolute atomic E-state index is 12.8. The molecule has 0 aliphatic carbocycles. The third-order valence-electron chi connectivity index (χ3n) is 3.97. The fourth-order valence-electron chi connectivity index (χ4n) is 2.49. The normalized spacial score (nSPS) is 11.6. The van der Waals surface area contributed by atoms with Crippen LogP contribution in [0, 0.1) is 13.8 Å². The highest BCUT2D eigenvalue weighted by molar-refractivity contribution is 6.31. The van der Waals surface area contributed by atoms with E-state index >= 15 is 0 Å². The largest absolute Gasteiger partial charge is 0.463 e. The molecule has 0 saturated carbocycles. The smallest absolute Gasteiger partial charge is 0.345 e. The molecule has 3 aromatic rings. The molecular formula is C21H19ClN2O5. The number of hydrogen-bond acceptors (Lipinski definition) is 6. The van der Waals surface area contributed by atoms with Crippen molar-refractivity contribution in [1.29, 1.82) is 0 Å². The Morgan fingerprint density at radius 2 is 1.90 bits per heavy atom. The van der Waals surface area contributed by atoms with Crippen LogP contribution in [0.25, 0.3) is 0 Å². The number of carbonyl (C=O) groups excluding carboxylic acids is 2. The second kappa shape index (κ2) is 9.25. The molecule has 3 rings (SSSR count). The molecule has 2 aromatic carbocycles. The molecule has 0 fully saturated rings. The monoisotopic (exact) mass is 414 g/mol. The fourth-order valence-corrected chi connectivity index (χ4v) is 2.67. The first-order chi connectivity index (χ1) is 13.9. The number of carbonyl (C=O) groups is 2. The lowest BCUT2D eigenvalue weighted by molar-refractivity contribution is -0.156. The van der Waals surface area contributed by atoms with Gasteiger partial charge in [0.05, 0.1) is 0 Å². The van der Waals surface area contributed by atoms with Crippen LogP contribution >= 0.6 is 11.6 Å². The Hall–Kier alpha value is -3.32. The first-order valence-corrected chi connectivity index (χ1v) is 9.18. The topological polar surface area (TPSA) is 90.7 Å². The predicted octanol–water partition coefficient (Wildman–Crippen LogP) is 4.25. The third-order valence-corrected chi connectivity index (χ3v) is 4.38. The average molecular weight is 415 g/mol. The maximum Gasteiger partial charge on any atom is 0.345 e. The van der Waals surface area contributed by atoms with Crippen LogP contribution in [0.5, 0.6) is 5.88 Å². The summed E-state index contributed by atoms with van der Waals surface area (Å²) in [7, 11) is 0. The van der Waals surface area contributed by atoms with Crippen LogP contribution in [-0.4, -0.2) is 23.6 Å². The van der Waals surface area contributed by atoms with Gasteiger partial charge < -0.3 is 19.3 Å². The lowest BCUT2D eigenvalue weighted by Crippen LogP contribution is -2.28. The molecule has 8 heteroatoms. The molecule has 7 nitrogen and oxygen atoms in total. The number of nitrogens with zero attached hydrogens (tertiary/aromatic N) is 1. The number of ether oxygens (including phenoxy) is 2. The summed E-state index contributed by atoms with van der Waals surface area (Å²) in [4.78, 5) is 25.1. The molecule has 1 N–H and O–H groups in total. The molecule has 1 amide bonds. The molecule has 0 unspecified atom stereocenters. The van der Waals surface area contributed by atoms with Crippen LogP contribution in [0.3, 0.4) is 0 Å². The van der Waals surface area contributed by atoms with Gasteiger partial charge in [0, 0.05) is 22.3 Å². The zero-order valence-electron chi connectivity index (χ0n) is 15.8. The number of nitrogens with one attached hydrogen (secondary N) is 1. The molecule has 150 valence electrons. The van der Waals surface area contributed by atoms with Crippen LogP contribution in [0.15, 0.2) is 59.1 Å². The third kappa shape index (κ3) is 5.58. The van der Waals surface area contributed by atoms with Gasteiger partial charge in [0.25, 0.3) is 11.8 Å². The first kappa shape index (κ1) is 20.4. The van der Waals surface area contributed by atoms with E-state index < -0.39 is 24.6 Å². The van der Waals surface area contributed by atoms with Crippen molar-refractivity contribution in [2.75, 3.05) is 11.9 Å². The Balaban J connectivity index is 1.71. The van der Waals surface area contributed by atoms with Crippen molar-refractivity contribution in [2.45, 2.75) is 20.0 Å². The summed E-state index contributed by atoms with van der Waals surface area (Å²) in [5.74, 6) is -0.528. The Bertz CT molecular complexity index is 1000. The molecule has 0 aliphatic rings. The summed E-state index contributed by atoms with van der Waals surface area (Å²) in [6.45, 7) is 3.14. The van der Waals surface area contributed by atoms with Crippen LogP contribution in [0.2, 0.25) is 5.02 Å². The standard InChI is InChI=1S/C21H19ClN2O5/c1-13-8-9-16(11-17(13)22)23-21(26)20(15-6-4-3-5-7-15)28-19(25)12-27-18-10-14(2)29-24-18/h3-11,20H,12H2,1-2H3,(H,23,26)/t20-/m0/s1. The van der Waals surface area contributed by atoms with Crippen LogP contribution in [0.4, 0.5) is 5.69 Å². The Kier molecular flexibility index (Phi) is 6.51. The van der Waals surface area contributed by atoms with E-state index in [0.29, 0.717) is 22.0 Å². The van der Waals surface area contributed by atoms with E-state index in [1.54, 1.807) is 55.5 Å². The quantitative estimate of drug-likeness (QED) is 0.581. The zero-order valence-corrected chi connectivity index (χ0v) is 16.6. The molecule has 0 bridgehead atoms. The van der Waals surface area contributed by atoms with Crippen LogP contribution in [0.1, 0.15) is 23.0 Å². The highest BCUT2D eigenvalue weighted by Crippen LogP contribution is 2.23. The highest BCUT2D eigenvalue weighted by Gasteiger charge is 2.25. The second-order valence-electron chi connectivity index (χ2n) is 6.30. The zero-order chi connectivity index (χ0) is 20.8. The Labute approximate surface area is 172 Å². The predicted molar refractivity (Wildman–Crippen MR) is 107 cm³/mol. The Morgan fingerprint density at radius 1 is 1.14 bits per heavy atom. The van der Waals surface area contributed by atoms with Crippen molar-refractivity contribution in [2.24, 2.45) is 0 Å². The maximum atomic E-state index is 12.8. The summed E-state index contributed by atoms with van der Waals surface area (Å²) < 4.78 is 15.5. The van der Waals surface area contributed by atoms with Crippen molar-refractivity contribution in [3.05, 3.63) is 76.5 Å². The molecular weight excluding hydrogens is 396 g/mol. The van der Waals surface area contributed by atoms with Crippen LogP contribution < -0.4 is 10.1 Å². The van der Waals surface area contributed by atoms with Gasteiger partial charge in [-0.1, -0.05) is 48.0 Å². The molecule has 1 aromatic heterocycles.